The highest BCUT2D eigenvalue weighted by atomic mass is 32.2. The van der Waals surface area contributed by atoms with E-state index >= 15 is 0 Å². The Hall–Kier alpha value is -4.85. The van der Waals surface area contributed by atoms with E-state index in [1.165, 1.54) is 23.5 Å². The van der Waals surface area contributed by atoms with Crippen LogP contribution in [0.3, 0.4) is 0 Å². The third-order valence-corrected chi connectivity index (χ3v) is 12.7. The highest BCUT2D eigenvalue weighted by Gasteiger charge is 2.29. The Morgan fingerprint density at radius 2 is 1.33 bits per heavy atom. The molecule has 17 nitrogen and oxygen atoms in total. The van der Waals surface area contributed by atoms with Crippen LogP contribution in [-0.4, -0.2) is 139 Å². The van der Waals surface area contributed by atoms with Gasteiger partial charge < -0.3 is 25.3 Å². The van der Waals surface area contributed by atoms with E-state index in [2.05, 4.69) is 76.4 Å². The van der Waals surface area contributed by atoms with E-state index in [4.69, 9.17) is 49.8 Å². The molecule has 3 aliphatic rings. The normalized spacial score (nSPS) is 17.7. The van der Waals surface area contributed by atoms with Gasteiger partial charge in [-0.2, -0.15) is 19.9 Å². The summed E-state index contributed by atoms with van der Waals surface area (Å²) in [6, 6.07) is 6.86. The fourth-order valence-electron chi connectivity index (χ4n) is 7.50. The number of carbonyl (C=O) groups is 1. The second kappa shape index (κ2) is 18.4. The number of amides is 1. The summed E-state index contributed by atoms with van der Waals surface area (Å²) in [6.45, 7) is 14.0. The van der Waals surface area contributed by atoms with Crippen molar-refractivity contribution in [1.29, 1.82) is 0 Å². The topological polar surface area (TPSA) is 183 Å². The Morgan fingerprint density at radius 1 is 0.733 bits per heavy atom. The van der Waals surface area contributed by atoms with Gasteiger partial charge in [-0.05, 0) is 94.0 Å². The number of carbonyl (C=O) groups excluding carboxylic acids is 1. The maximum atomic E-state index is 12.4. The van der Waals surface area contributed by atoms with Crippen molar-refractivity contribution in [2.24, 2.45) is 0 Å². The first kappa shape index (κ1) is 41.9. The number of hydrogen-bond donors (Lipinski definition) is 2. The van der Waals surface area contributed by atoms with Crippen molar-refractivity contribution in [1.82, 2.24) is 65.0 Å². The number of anilines is 3. The van der Waals surface area contributed by atoms with Crippen LogP contribution in [0.15, 0.2) is 38.8 Å². The van der Waals surface area contributed by atoms with Gasteiger partial charge >= 0.3 is 0 Å². The molecule has 5 aromatic rings. The van der Waals surface area contributed by atoms with E-state index in [-0.39, 0.29) is 11.9 Å². The second-order valence-electron chi connectivity index (χ2n) is 15.7. The Labute approximate surface area is 359 Å². The summed E-state index contributed by atoms with van der Waals surface area (Å²) in [4.78, 5) is 70.1. The average molecular weight is 851 g/mol. The highest BCUT2D eigenvalue weighted by molar-refractivity contribution is 7.99. The smallest absolute Gasteiger partial charge is 0.229 e. The van der Waals surface area contributed by atoms with Crippen LogP contribution in [0.5, 0.6) is 0 Å². The number of benzene rings is 1. The first-order valence-electron chi connectivity index (χ1n) is 20.9. The van der Waals surface area contributed by atoms with Gasteiger partial charge in [0, 0.05) is 94.9 Å². The first-order chi connectivity index (χ1) is 29.0. The molecule has 3 fully saturated rings. The summed E-state index contributed by atoms with van der Waals surface area (Å²) >= 11 is 2.71. The fourth-order valence-corrected chi connectivity index (χ4v) is 9.03. The van der Waals surface area contributed by atoms with Crippen molar-refractivity contribution in [3.8, 4) is 0 Å². The van der Waals surface area contributed by atoms with Crippen LogP contribution in [-0.2, 0) is 24.1 Å². The molecule has 1 aromatic carbocycles. The minimum Gasteiger partial charge on any atom is -0.372 e. The summed E-state index contributed by atoms with van der Waals surface area (Å²) in [5.41, 5.74) is 4.74. The monoisotopic (exact) mass is 850 g/mol. The fraction of sp³-hybridized carbons (Fsp3) is 0.537. The zero-order chi connectivity index (χ0) is 41.9. The summed E-state index contributed by atoms with van der Waals surface area (Å²) in [5, 5.41) is 9.61. The van der Waals surface area contributed by atoms with E-state index in [1.807, 2.05) is 20.9 Å². The van der Waals surface area contributed by atoms with Gasteiger partial charge in [-0.3, -0.25) is 9.69 Å². The van der Waals surface area contributed by atoms with Crippen LogP contribution in [0.4, 0.5) is 17.7 Å². The van der Waals surface area contributed by atoms with E-state index in [9.17, 15) is 4.79 Å². The van der Waals surface area contributed by atoms with Gasteiger partial charge in [-0.1, -0.05) is 19.9 Å². The maximum absolute atomic E-state index is 12.4. The number of aromatic nitrogens is 10. The lowest BCUT2D eigenvalue weighted by atomic mass is 10.0. The predicted octanol–water partition coefficient (Wildman–Crippen LogP) is 4.33. The molecule has 4 aromatic heterocycles. The highest BCUT2D eigenvalue weighted by Crippen LogP contribution is 2.33. The van der Waals surface area contributed by atoms with Gasteiger partial charge in [-0.25, -0.2) is 29.9 Å². The van der Waals surface area contributed by atoms with Crippen molar-refractivity contribution in [2.45, 2.75) is 98.9 Å². The van der Waals surface area contributed by atoms with Crippen molar-refractivity contribution >= 4 is 58.0 Å². The zero-order valence-corrected chi connectivity index (χ0v) is 37.2. The summed E-state index contributed by atoms with van der Waals surface area (Å²) < 4.78 is 0. The van der Waals surface area contributed by atoms with Gasteiger partial charge in [0.25, 0.3) is 0 Å². The first-order valence-corrected chi connectivity index (χ1v) is 22.6. The molecular formula is C41H54N16OS2. The molecule has 316 valence electrons. The van der Waals surface area contributed by atoms with E-state index < -0.39 is 0 Å². The van der Waals surface area contributed by atoms with Gasteiger partial charge in [-0.15, -0.1) is 0 Å². The minimum absolute atomic E-state index is 0.0551. The molecule has 1 amide bonds. The number of nitrogens with one attached hydrogen (secondary N) is 2. The quantitative estimate of drug-likeness (QED) is 0.151. The lowest BCUT2D eigenvalue weighted by Crippen LogP contribution is -2.47. The maximum Gasteiger partial charge on any atom is 0.229 e. The molecule has 0 spiro atoms. The molecule has 0 radical (unpaired) electrons. The molecule has 19 heteroatoms. The second-order valence-corrected chi connectivity index (χ2v) is 17.6. The molecule has 60 heavy (non-hydrogen) atoms. The lowest BCUT2D eigenvalue weighted by molar-refractivity contribution is -0.121. The molecule has 2 aliphatic heterocycles. The Bertz CT molecular complexity index is 2330. The zero-order valence-electron chi connectivity index (χ0n) is 35.6. The third kappa shape index (κ3) is 9.85. The van der Waals surface area contributed by atoms with Crippen molar-refractivity contribution < 1.29 is 4.79 Å². The number of hydrogen-bond acceptors (Lipinski definition) is 18. The molecule has 6 heterocycles. The molecule has 1 atom stereocenters. The lowest BCUT2D eigenvalue weighted by Gasteiger charge is -2.39. The van der Waals surface area contributed by atoms with E-state index in [1.54, 1.807) is 0 Å². The molecule has 2 N–H and O–H groups in total. The van der Waals surface area contributed by atoms with Gasteiger partial charge in [0.1, 0.15) is 17.5 Å². The number of rotatable bonds is 14. The standard InChI is InChI=1S/C41H54N16OS2/c1-8-32-47-36(56-19-16-54(6)17-20-56)52-40(49-32)60-39-46-30-22-26(10-13-29(30)35(42-5)51-39)31-23-57(21-18-55(31)7)37-48-33(9-2)50-41(53-37)59-38-43-24(3)28(25(4)44-38)14-15-34(58)45-27-11-12-27/h10,13,22,27,31H,8-9,11-12,14-21,23H2,1-7H3,(H,45,58)(H,42,46,51). The van der Waals surface area contributed by atoms with Crippen LogP contribution in [0.25, 0.3) is 10.9 Å². The van der Waals surface area contributed by atoms with Crippen LogP contribution < -0.4 is 20.4 Å². The van der Waals surface area contributed by atoms with Gasteiger partial charge in [0.15, 0.2) is 10.3 Å². The SMILES string of the molecule is CCc1nc(Sc2nc(C)c(CCC(=O)NC3CC3)c(C)n2)nc(N2CCN(C)C(c3ccc4c(NC)nc(Sc5nc(CC)nc(N6CCN(C)CC6)n5)nc4c3)C2)n1. The predicted molar refractivity (Wildman–Crippen MR) is 234 cm³/mol. The molecule has 1 aliphatic carbocycles. The Balaban J connectivity index is 1.01. The van der Waals surface area contributed by atoms with Crippen LogP contribution in [0, 0.1) is 13.8 Å². The van der Waals surface area contributed by atoms with Crippen LogP contribution in [0.1, 0.15) is 73.3 Å². The summed E-state index contributed by atoms with van der Waals surface area (Å²) in [6.07, 6.45) is 4.58. The van der Waals surface area contributed by atoms with Crippen molar-refractivity contribution in [3.63, 3.8) is 0 Å². The molecule has 2 saturated heterocycles. The van der Waals surface area contributed by atoms with Gasteiger partial charge in [0.2, 0.25) is 28.1 Å². The molecular weight excluding hydrogens is 797 g/mol. The summed E-state index contributed by atoms with van der Waals surface area (Å²) in [5.74, 6) is 3.67. The number of fused-ring (bicyclic) bond motifs is 1. The van der Waals surface area contributed by atoms with Crippen molar-refractivity contribution in [2.75, 3.05) is 82.1 Å². The third-order valence-electron chi connectivity index (χ3n) is 11.3. The molecule has 1 saturated carbocycles. The van der Waals surface area contributed by atoms with Gasteiger partial charge in [0.05, 0.1) is 11.6 Å². The van der Waals surface area contributed by atoms with Crippen molar-refractivity contribution in [3.05, 3.63) is 52.4 Å². The number of aryl methyl sites for hydroxylation is 4. The van der Waals surface area contributed by atoms with Crippen LogP contribution >= 0.6 is 23.5 Å². The number of nitrogens with zero attached hydrogens (tertiary/aromatic N) is 14. The Kier molecular flexibility index (Phi) is 12.8. The molecule has 8 rings (SSSR count). The largest absolute Gasteiger partial charge is 0.372 e. The molecule has 1 unspecified atom stereocenters. The Morgan fingerprint density at radius 3 is 1.95 bits per heavy atom. The minimum atomic E-state index is 0.0551. The average Bonchev–Trinajstić information content (AvgIpc) is 4.07. The molecule has 0 bridgehead atoms. The number of piperazine rings is 2. The summed E-state index contributed by atoms with van der Waals surface area (Å²) in [7, 11) is 6.18. The van der Waals surface area contributed by atoms with E-state index in [0.29, 0.717) is 70.8 Å². The van der Waals surface area contributed by atoms with E-state index in [0.717, 1.165) is 103 Å². The number of likely N-dealkylation sites (N-methyl/N-ethyl adjacent to an activating group) is 2. The van der Waals surface area contributed by atoms with Crippen LogP contribution in [0.2, 0.25) is 0 Å².